The van der Waals surface area contributed by atoms with Crippen LogP contribution in [0.1, 0.15) is 19.3 Å². The Bertz CT molecular complexity index is 528. The highest BCUT2D eigenvalue weighted by Crippen LogP contribution is 2.23. The third-order valence-corrected chi connectivity index (χ3v) is 3.54. The lowest BCUT2D eigenvalue weighted by molar-refractivity contribution is -0.137. The molecule has 2 atom stereocenters. The number of carboxylic acid groups (broad SMARTS) is 1. The molecule has 2 rings (SSSR count). The number of anilines is 1. The van der Waals surface area contributed by atoms with Gasteiger partial charge in [-0.05, 0) is 25.0 Å². The van der Waals surface area contributed by atoms with Crippen LogP contribution in [0.3, 0.4) is 0 Å². The predicted octanol–water partition coefficient (Wildman–Crippen LogP) is 1.79. The quantitative estimate of drug-likeness (QED) is 0.782. The Balaban J connectivity index is 2.09. The molecule has 21 heavy (non-hydrogen) atoms. The Morgan fingerprint density at radius 3 is 2.52 bits per heavy atom. The maximum Gasteiger partial charge on any atom is 0.303 e. The zero-order chi connectivity index (χ0) is 15.2. The predicted molar refractivity (Wildman–Crippen MR) is 80.9 cm³/mol. The lowest BCUT2D eigenvalue weighted by Gasteiger charge is -2.25. The van der Waals surface area contributed by atoms with E-state index in [1.807, 2.05) is 42.5 Å². The number of para-hydroxylation sites is 1. The van der Waals surface area contributed by atoms with Crippen LogP contribution in [0.4, 0.5) is 5.69 Å². The van der Waals surface area contributed by atoms with E-state index >= 15 is 0 Å². The van der Waals surface area contributed by atoms with Gasteiger partial charge in [0.15, 0.2) is 0 Å². The summed E-state index contributed by atoms with van der Waals surface area (Å²) in [7, 11) is 0. The van der Waals surface area contributed by atoms with Crippen LogP contribution in [0.2, 0.25) is 0 Å². The van der Waals surface area contributed by atoms with Gasteiger partial charge in [0, 0.05) is 24.7 Å². The second-order valence-corrected chi connectivity index (χ2v) is 5.21. The standard InChI is InChI=1S/C16H20N2O3/c17-13-9-8-12(11-13)16(21)18(10-4-7-15(19)20)14-5-2-1-3-6-14/h1-3,5-6,8-9,12-13H,4,7,10-11,17H2,(H,19,20). The summed E-state index contributed by atoms with van der Waals surface area (Å²) in [6, 6.07) is 9.26. The normalized spacial score (nSPS) is 20.4. The van der Waals surface area contributed by atoms with Crippen molar-refractivity contribution >= 4 is 17.6 Å². The molecule has 0 bridgehead atoms. The summed E-state index contributed by atoms with van der Waals surface area (Å²) in [5.74, 6) is -1.08. The number of benzene rings is 1. The van der Waals surface area contributed by atoms with Crippen molar-refractivity contribution in [2.45, 2.75) is 25.3 Å². The molecule has 2 unspecified atom stereocenters. The lowest BCUT2D eigenvalue weighted by Crippen LogP contribution is -2.37. The molecule has 3 N–H and O–H groups in total. The fourth-order valence-corrected chi connectivity index (χ4v) is 2.47. The van der Waals surface area contributed by atoms with Crippen LogP contribution in [0, 0.1) is 5.92 Å². The molecule has 5 nitrogen and oxygen atoms in total. The summed E-state index contributed by atoms with van der Waals surface area (Å²) >= 11 is 0. The average molecular weight is 288 g/mol. The molecule has 112 valence electrons. The van der Waals surface area contributed by atoms with Crippen molar-refractivity contribution in [3.05, 3.63) is 42.5 Å². The Kier molecular flexibility index (Phi) is 5.11. The minimum Gasteiger partial charge on any atom is -0.481 e. The summed E-state index contributed by atoms with van der Waals surface area (Å²) in [4.78, 5) is 25.0. The van der Waals surface area contributed by atoms with E-state index in [1.165, 1.54) is 0 Å². The smallest absolute Gasteiger partial charge is 0.303 e. The highest BCUT2D eigenvalue weighted by Gasteiger charge is 2.27. The summed E-state index contributed by atoms with van der Waals surface area (Å²) in [6.45, 7) is 0.398. The molecule has 5 heteroatoms. The molecule has 1 aromatic rings. The van der Waals surface area contributed by atoms with E-state index in [-0.39, 0.29) is 24.3 Å². The third kappa shape index (κ3) is 4.16. The molecule has 0 saturated heterocycles. The topological polar surface area (TPSA) is 83.6 Å². The number of hydrogen-bond acceptors (Lipinski definition) is 3. The first-order chi connectivity index (χ1) is 10.1. The van der Waals surface area contributed by atoms with Gasteiger partial charge in [-0.1, -0.05) is 30.4 Å². The molecule has 0 radical (unpaired) electrons. The summed E-state index contributed by atoms with van der Waals surface area (Å²) in [6.07, 6.45) is 4.79. The van der Waals surface area contributed by atoms with E-state index in [9.17, 15) is 9.59 Å². The van der Waals surface area contributed by atoms with Gasteiger partial charge in [0.25, 0.3) is 0 Å². The molecule has 0 fully saturated rings. The monoisotopic (exact) mass is 288 g/mol. The second-order valence-electron chi connectivity index (χ2n) is 5.21. The maximum absolute atomic E-state index is 12.6. The highest BCUT2D eigenvalue weighted by molar-refractivity contribution is 5.96. The molecule has 0 spiro atoms. The zero-order valence-electron chi connectivity index (χ0n) is 11.8. The van der Waals surface area contributed by atoms with Gasteiger partial charge in [0.2, 0.25) is 5.91 Å². The molecular weight excluding hydrogens is 268 g/mol. The van der Waals surface area contributed by atoms with Crippen molar-refractivity contribution in [1.82, 2.24) is 0 Å². The van der Waals surface area contributed by atoms with E-state index in [4.69, 9.17) is 10.8 Å². The Morgan fingerprint density at radius 2 is 1.95 bits per heavy atom. The van der Waals surface area contributed by atoms with Crippen LogP contribution in [0.15, 0.2) is 42.5 Å². The van der Waals surface area contributed by atoms with Gasteiger partial charge in [-0.2, -0.15) is 0 Å². The minimum absolute atomic E-state index is 0.0178. The van der Waals surface area contributed by atoms with Crippen molar-refractivity contribution in [3.63, 3.8) is 0 Å². The minimum atomic E-state index is -0.849. The maximum atomic E-state index is 12.6. The molecule has 1 aliphatic carbocycles. The number of aliphatic carboxylic acids is 1. The van der Waals surface area contributed by atoms with Gasteiger partial charge in [0.1, 0.15) is 0 Å². The average Bonchev–Trinajstić information content (AvgIpc) is 2.90. The van der Waals surface area contributed by atoms with Crippen LogP contribution in [-0.4, -0.2) is 29.6 Å². The van der Waals surface area contributed by atoms with E-state index in [1.54, 1.807) is 4.90 Å². The van der Waals surface area contributed by atoms with Crippen LogP contribution >= 0.6 is 0 Å². The Hall–Kier alpha value is -2.14. The molecule has 1 amide bonds. The molecule has 0 aromatic heterocycles. The largest absolute Gasteiger partial charge is 0.481 e. The number of carbonyl (C=O) groups excluding carboxylic acids is 1. The fourth-order valence-electron chi connectivity index (χ4n) is 2.47. The summed E-state index contributed by atoms with van der Waals surface area (Å²) in [5, 5.41) is 8.75. The van der Waals surface area contributed by atoms with Gasteiger partial charge in [-0.25, -0.2) is 0 Å². The van der Waals surface area contributed by atoms with Crippen molar-refractivity contribution in [1.29, 1.82) is 0 Å². The first kappa shape index (κ1) is 15.3. The summed E-state index contributed by atoms with van der Waals surface area (Å²) < 4.78 is 0. The van der Waals surface area contributed by atoms with Crippen LogP contribution in [0.5, 0.6) is 0 Å². The molecule has 0 saturated carbocycles. The second kappa shape index (κ2) is 7.04. The van der Waals surface area contributed by atoms with E-state index in [2.05, 4.69) is 0 Å². The van der Waals surface area contributed by atoms with Gasteiger partial charge in [-0.3, -0.25) is 9.59 Å². The first-order valence-corrected chi connectivity index (χ1v) is 7.10. The number of carboxylic acids is 1. The van der Waals surface area contributed by atoms with E-state index < -0.39 is 5.97 Å². The van der Waals surface area contributed by atoms with E-state index in [0.29, 0.717) is 19.4 Å². The SMILES string of the molecule is NC1C=CC(C(=O)N(CCCC(=O)O)c2ccccc2)C1. The third-order valence-electron chi connectivity index (χ3n) is 3.54. The number of rotatable bonds is 6. The van der Waals surface area contributed by atoms with Crippen molar-refractivity contribution in [2.75, 3.05) is 11.4 Å². The Labute approximate surface area is 124 Å². The van der Waals surface area contributed by atoms with Crippen LogP contribution in [0.25, 0.3) is 0 Å². The first-order valence-electron chi connectivity index (χ1n) is 7.10. The van der Waals surface area contributed by atoms with Gasteiger partial charge in [-0.15, -0.1) is 0 Å². The number of carbonyl (C=O) groups is 2. The molecule has 1 aromatic carbocycles. The van der Waals surface area contributed by atoms with Gasteiger partial charge in [0.05, 0.1) is 5.92 Å². The molecule has 0 heterocycles. The number of hydrogen-bond donors (Lipinski definition) is 2. The number of nitrogens with two attached hydrogens (primary N) is 1. The van der Waals surface area contributed by atoms with Crippen molar-refractivity contribution in [3.8, 4) is 0 Å². The molecule has 1 aliphatic rings. The fraction of sp³-hybridized carbons (Fsp3) is 0.375. The number of nitrogens with zero attached hydrogens (tertiary/aromatic N) is 1. The van der Waals surface area contributed by atoms with E-state index in [0.717, 1.165) is 5.69 Å². The van der Waals surface area contributed by atoms with Gasteiger partial charge < -0.3 is 15.7 Å². The molecule has 0 aliphatic heterocycles. The van der Waals surface area contributed by atoms with Crippen molar-refractivity contribution in [2.24, 2.45) is 11.7 Å². The highest BCUT2D eigenvalue weighted by atomic mass is 16.4. The van der Waals surface area contributed by atoms with Crippen LogP contribution < -0.4 is 10.6 Å². The number of amides is 1. The zero-order valence-corrected chi connectivity index (χ0v) is 11.8. The molecular formula is C16H20N2O3. The van der Waals surface area contributed by atoms with Gasteiger partial charge >= 0.3 is 5.97 Å². The summed E-state index contributed by atoms with van der Waals surface area (Å²) in [5.41, 5.74) is 6.60. The lowest BCUT2D eigenvalue weighted by atomic mass is 10.1. The van der Waals surface area contributed by atoms with Crippen molar-refractivity contribution < 1.29 is 14.7 Å². The Morgan fingerprint density at radius 1 is 1.24 bits per heavy atom. The van der Waals surface area contributed by atoms with Crippen LogP contribution in [-0.2, 0) is 9.59 Å².